The number of hydrogen-bond donors (Lipinski definition) is 1. The van der Waals surface area contributed by atoms with E-state index in [0.29, 0.717) is 19.0 Å². The van der Waals surface area contributed by atoms with E-state index in [1.807, 2.05) is 16.8 Å². The lowest BCUT2D eigenvalue weighted by atomic mass is 9.93. The molecule has 29 heavy (non-hydrogen) atoms. The van der Waals surface area contributed by atoms with Crippen LogP contribution in [0.2, 0.25) is 0 Å². The van der Waals surface area contributed by atoms with Crippen LogP contribution in [0, 0.1) is 5.82 Å². The molecule has 1 aliphatic heterocycles. The molecule has 7 heteroatoms. The first kappa shape index (κ1) is 19.5. The van der Waals surface area contributed by atoms with Crippen LogP contribution in [-0.2, 0) is 17.9 Å². The molecule has 2 aromatic heterocycles. The summed E-state index contributed by atoms with van der Waals surface area (Å²) in [6.07, 6.45) is 3.94. The largest absolute Gasteiger partial charge is 0.354 e. The Bertz CT molecular complexity index is 1000. The molecule has 1 aromatic carbocycles. The van der Waals surface area contributed by atoms with Gasteiger partial charge in [0.15, 0.2) is 5.65 Å². The second-order valence-corrected chi connectivity index (χ2v) is 7.67. The van der Waals surface area contributed by atoms with Crippen LogP contribution in [0.15, 0.2) is 42.6 Å². The molecule has 0 spiro atoms. The van der Waals surface area contributed by atoms with E-state index in [2.05, 4.69) is 21.3 Å². The molecule has 0 bridgehead atoms. The minimum absolute atomic E-state index is 0.0464. The summed E-state index contributed by atoms with van der Waals surface area (Å²) in [6.45, 7) is 5.27. The Hall–Kier alpha value is -2.80. The van der Waals surface area contributed by atoms with Crippen LogP contribution in [-0.4, -0.2) is 45.2 Å². The number of halogens is 1. The number of fused-ring (bicyclic) bond motifs is 1. The zero-order valence-corrected chi connectivity index (χ0v) is 16.6. The molecule has 1 saturated heterocycles. The number of likely N-dealkylation sites (tertiary alicyclic amines) is 1. The van der Waals surface area contributed by atoms with Crippen molar-refractivity contribution in [2.45, 2.75) is 38.8 Å². The van der Waals surface area contributed by atoms with E-state index < -0.39 is 0 Å². The number of benzene rings is 1. The SMILES string of the molecule is CC(=O)NCCn1nc(C2CCCN(Cc3cccc(F)c3)C2)c2cccnc21. The van der Waals surface area contributed by atoms with Crippen molar-refractivity contribution in [1.29, 1.82) is 0 Å². The molecule has 4 rings (SSSR count). The zero-order chi connectivity index (χ0) is 20.2. The molecule has 0 radical (unpaired) electrons. The highest BCUT2D eigenvalue weighted by molar-refractivity contribution is 5.79. The minimum atomic E-state index is -0.189. The molecule has 1 unspecified atom stereocenters. The van der Waals surface area contributed by atoms with E-state index >= 15 is 0 Å². The van der Waals surface area contributed by atoms with Crippen molar-refractivity contribution in [3.63, 3.8) is 0 Å². The van der Waals surface area contributed by atoms with Crippen molar-refractivity contribution in [2.75, 3.05) is 19.6 Å². The molecule has 1 N–H and O–H groups in total. The van der Waals surface area contributed by atoms with E-state index in [9.17, 15) is 9.18 Å². The van der Waals surface area contributed by atoms with Gasteiger partial charge in [0.2, 0.25) is 5.91 Å². The second kappa shape index (κ2) is 8.69. The number of nitrogens with one attached hydrogen (secondary N) is 1. The lowest BCUT2D eigenvalue weighted by Crippen LogP contribution is -2.34. The maximum absolute atomic E-state index is 13.5. The van der Waals surface area contributed by atoms with Crippen molar-refractivity contribution < 1.29 is 9.18 Å². The molecule has 0 aliphatic carbocycles. The summed E-state index contributed by atoms with van der Waals surface area (Å²) < 4.78 is 15.4. The Kier molecular flexibility index (Phi) is 5.85. The first-order chi connectivity index (χ1) is 14.1. The van der Waals surface area contributed by atoms with Gasteiger partial charge in [-0.25, -0.2) is 14.1 Å². The summed E-state index contributed by atoms with van der Waals surface area (Å²) in [7, 11) is 0. The number of piperidine rings is 1. The molecule has 1 fully saturated rings. The van der Waals surface area contributed by atoms with Crippen LogP contribution in [0.1, 0.15) is 36.9 Å². The van der Waals surface area contributed by atoms with Gasteiger partial charge < -0.3 is 5.32 Å². The molecule has 1 amide bonds. The van der Waals surface area contributed by atoms with Gasteiger partial charge in [0.25, 0.3) is 0 Å². The highest BCUT2D eigenvalue weighted by Gasteiger charge is 2.26. The van der Waals surface area contributed by atoms with Gasteiger partial charge in [-0.15, -0.1) is 0 Å². The van der Waals surface area contributed by atoms with E-state index in [0.717, 1.165) is 54.8 Å². The number of nitrogens with zero attached hydrogens (tertiary/aromatic N) is 4. The van der Waals surface area contributed by atoms with E-state index in [1.54, 1.807) is 18.3 Å². The van der Waals surface area contributed by atoms with Crippen LogP contribution >= 0.6 is 0 Å². The molecule has 1 aliphatic rings. The molecule has 0 saturated carbocycles. The van der Waals surface area contributed by atoms with Gasteiger partial charge >= 0.3 is 0 Å². The second-order valence-electron chi connectivity index (χ2n) is 7.67. The molecule has 1 atom stereocenters. The van der Waals surface area contributed by atoms with Gasteiger partial charge in [0.05, 0.1) is 12.2 Å². The number of hydrogen-bond acceptors (Lipinski definition) is 4. The monoisotopic (exact) mass is 395 g/mol. The van der Waals surface area contributed by atoms with Crippen molar-refractivity contribution in [2.24, 2.45) is 0 Å². The maximum atomic E-state index is 13.5. The third kappa shape index (κ3) is 4.62. The van der Waals surface area contributed by atoms with Gasteiger partial charge in [-0.1, -0.05) is 12.1 Å². The van der Waals surface area contributed by atoms with Crippen molar-refractivity contribution in [3.05, 3.63) is 59.7 Å². The fourth-order valence-corrected chi connectivity index (χ4v) is 4.15. The normalized spacial score (nSPS) is 17.5. The quantitative estimate of drug-likeness (QED) is 0.697. The Morgan fingerprint density at radius 2 is 2.21 bits per heavy atom. The standard InChI is InChI=1S/C22H26FN5O/c1-16(29)24-10-12-28-22-20(8-3-9-25-22)21(26-28)18-6-4-11-27(15-18)14-17-5-2-7-19(23)13-17/h2-3,5,7-9,13,18H,4,6,10-12,14-15H2,1H3,(H,24,29). The summed E-state index contributed by atoms with van der Waals surface area (Å²) in [5, 5.41) is 8.78. The number of carbonyl (C=O) groups is 1. The topological polar surface area (TPSA) is 63.1 Å². The van der Waals surface area contributed by atoms with Gasteiger partial charge in [-0.3, -0.25) is 9.69 Å². The van der Waals surface area contributed by atoms with Crippen molar-refractivity contribution in [3.8, 4) is 0 Å². The Morgan fingerprint density at radius 1 is 1.31 bits per heavy atom. The van der Waals surface area contributed by atoms with Gasteiger partial charge in [-0.2, -0.15) is 5.10 Å². The van der Waals surface area contributed by atoms with Crippen LogP contribution < -0.4 is 5.32 Å². The summed E-state index contributed by atoms with van der Waals surface area (Å²) in [6, 6.07) is 10.9. The lowest BCUT2D eigenvalue weighted by Gasteiger charge is -2.32. The summed E-state index contributed by atoms with van der Waals surface area (Å²) in [5.41, 5.74) is 2.92. The van der Waals surface area contributed by atoms with Gasteiger partial charge in [0.1, 0.15) is 5.82 Å². The van der Waals surface area contributed by atoms with Gasteiger partial charge in [-0.05, 0) is 49.2 Å². The van der Waals surface area contributed by atoms with Crippen LogP contribution in [0.4, 0.5) is 4.39 Å². The molecular formula is C22H26FN5O. The fourth-order valence-electron chi connectivity index (χ4n) is 4.15. The summed E-state index contributed by atoms with van der Waals surface area (Å²) >= 11 is 0. The molecule has 152 valence electrons. The van der Waals surface area contributed by atoms with Crippen LogP contribution in [0.5, 0.6) is 0 Å². The average molecular weight is 395 g/mol. The predicted octanol–water partition coefficient (Wildman–Crippen LogP) is 3.09. The number of amides is 1. The number of rotatable bonds is 6. The number of pyridine rings is 1. The zero-order valence-electron chi connectivity index (χ0n) is 16.6. The maximum Gasteiger partial charge on any atom is 0.216 e. The molecule has 3 heterocycles. The Morgan fingerprint density at radius 3 is 3.03 bits per heavy atom. The fraction of sp³-hybridized carbons (Fsp3) is 0.409. The predicted molar refractivity (Wildman–Crippen MR) is 110 cm³/mol. The molecular weight excluding hydrogens is 369 g/mol. The lowest BCUT2D eigenvalue weighted by molar-refractivity contribution is -0.118. The van der Waals surface area contributed by atoms with E-state index in [-0.39, 0.29) is 11.7 Å². The molecule has 3 aromatic rings. The highest BCUT2D eigenvalue weighted by Crippen LogP contribution is 2.31. The van der Waals surface area contributed by atoms with E-state index in [4.69, 9.17) is 5.10 Å². The highest BCUT2D eigenvalue weighted by atomic mass is 19.1. The average Bonchev–Trinajstić information content (AvgIpc) is 3.07. The third-order valence-electron chi connectivity index (χ3n) is 5.42. The third-order valence-corrected chi connectivity index (χ3v) is 5.42. The Labute approximate surface area is 169 Å². The first-order valence-corrected chi connectivity index (χ1v) is 10.1. The van der Waals surface area contributed by atoms with E-state index in [1.165, 1.54) is 13.0 Å². The smallest absolute Gasteiger partial charge is 0.216 e. The Balaban J connectivity index is 1.53. The summed E-state index contributed by atoms with van der Waals surface area (Å²) in [5.74, 6) is 0.0759. The summed E-state index contributed by atoms with van der Waals surface area (Å²) in [4.78, 5) is 18.1. The number of aromatic nitrogens is 3. The first-order valence-electron chi connectivity index (χ1n) is 10.1. The van der Waals surface area contributed by atoms with Crippen LogP contribution in [0.3, 0.4) is 0 Å². The minimum Gasteiger partial charge on any atom is -0.354 e. The van der Waals surface area contributed by atoms with Crippen LogP contribution in [0.25, 0.3) is 11.0 Å². The molecule has 6 nitrogen and oxygen atoms in total. The number of carbonyl (C=O) groups excluding carboxylic acids is 1. The van der Waals surface area contributed by atoms with Gasteiger partial charge in [0, 0.05) is 44.1 Å². The van der Waals surface area contributed by atoms with Crippen molar-refractivity contribution in [1.82, 2.24) is 25.0 Å². The van der Waals surface area contributed by atoms with Crippen molar-refractivity contribution >= 4 is 16.9 Å².